The molecule has 1 aliphatic carbocycles. The lowest BCUT2D eigenvalue weighted by Crippen LogP contribution is -2.50. The fourth-order valence-electron chi connectivity index (χ4n) is 3.46. The standard InChI is InChI=1S/C24H26N2O3/c27-23(25-13-15-26(16-14-25)24(28)21-10-11-21)12-9-19-7-4-8-22(17-19)29-18-20-5-2-1-3-6-20/h1-9,12,17,21H,10-11,13-16,18H2/b12-9+. The van der Waals surface area contributed by atoms with Crippen LogP contribution in [0, 0.1) is 5.92 Å². The summed E-state index contributed by atoms with van der Waals surface area (Å²) in [6, 6.07) is 17.7. The van der Waals surface area contributed by atoms with Crippen molar-refractivity contribution < 1.29 is 14.3 Å². The average Bonchev–Trinajstić information content (AvgIpc) is 3.62. The first kappa shape index (κ1) is 19.2. The number of amides is 2. The fourth-order valence-corrected chi connectivity index (χ4v) is 3.46. The Labute approximate surface area is 171 Å². The molecular weight excluding hydrogens is 364 g/mol. The van der Waals surface area contributed by atoms with Crippen molar-refractivity contribution in [3.8, 4) is 5.75 Å². The Morgan fingerprint density at radius 1 is 0.931 bits per heavy atom. The summed E-state index contributed by atoms with van der Waals surface area (Å²) >= 11 is 0. The third-order valence-corrected chi connectivity index (χ3v) is 5.35. The van der Waals surface area contributed by atoms with Crippen LogP contribution in [0.4, 0.5) is 0 Å². The minimum Gasteiger partial charge on any atom is -0.489 e. The summed E-state index contributed by atoms with van der Waals surface area (Å²) in [7, 11) is 0. The second-order valence-electron chi connectivity index (χ2n) is 7.60. The van der Waals surface area contributed by atoms with Gasteiger partial charge < -0.3 is 14.5 Å². The maximum Gasteiger partial charge on any atom is 0.246 e. The molecule has 150 valence electrons. The van der Waals surface area contributed by atoms with Crippen molar-refractivity contribution in [2.75, 3.05) is 26.2 Å². The first-order valence-electron chi connectivity index (χ1n) is 10.2. The van der Waals surface area contributed by atoms with Crippen LogP contribution in [0.1, 0.15) is 24.0 Å². The quantitative estimate of drug-likeness (QED) is 0.711. The van der Waals surface area contributed by atoms with E-state index in [1.807, 2.05) is 70.5 Å². The van der Waals surface area contributed by atoms with Gasteiger partial charge in [-0.05, 0) is 42.2 Å². The Bertz CT molecular complexity index is 882. The predicted molar refractivity (Wildman–Crippen MR) is 112 cm³/mol. The molecule has 1 saturated heterocycles. The van der Waals surface area contributed by atoms with Gasteiger partial charge in [0.15, 0.2) is 0 Å². The Morgan fingerprint density at radius 3 is 2.38 bits per heavy atom. The number of carbonyl (C=O) groups is 2. The average molecular weight is 390 g/mol. The lowest BCUT2D eigenvalue weighted by molar-refractivity contribution is -0.138. The van der Waals surface area contributed by atoms with Gasteiger partial charge in [0.05, 0.1) is 0 Å². The molecule has 0 N–H and O–H groups in total. The number of benzene rings is 2. The van der Waals surface area contributed by atoms with Crippen molar-refractivity contribution in [1.29, 1.82) is 0 Å². The van der Waals surface area contributed by atoms with Gasteiger partial charge in [0.1, 0.15) is 12.4 Å². The molecule has 0 unspecified atom stereocenters. The van der Waals surface area contributed by atoms with E-state index in [4.69, 9.17) is 4.74 Å². The molecule has 2 amide bonds. The highest BCUT2D eigenvalue weighted by Crippen LogP contribution is 2.31. The van der Waals surface area contributed by atoms with Crippen LogP contribution in [0.5, 0.6) is 5.75 Å². The summed E-state index contributed by atoms with van der Waals surface area (Å²) in [4.78, 5) is 28.3. The third-order valence-electron chi connectivity index (χ3n) is 5.35. The topological polar surface area (TPSA) is 49.9 Å². The highest BCUT2D eigenvalue weighted by Gasteiger charge is 2.34. The minimum absolute atomic E-state index is 0.0147. The Hall–Kier alpha value is -3.08. The van der Waals surface area contributed by atoms with Gasteiger partial charge >= 0.3 is 0 Å². The predicted octanol–water partition coefficient (Wildman–Crippen LogP) is 3.36. The zero-order chi connectivity index (χ0) is 20.1. The smallest absolute Gasteiger partial charge is 0.246 e. The van der Waals surface area contributed by atoms with Gasteiger partial charge in [-0.1, -0.05) is 42.5 Å². The summed E-state index contributed by atoms with van der Waals surface area (Å²) in [5, 5.41) is 0. The van der Waals surface area contributed by atoms with Crippen molar-refractivity contribution in [3.63, 3.8) is 0 Å². The van der Waals surface area contributed by atoms with Crippen LogP contribution in [-0.4, -0.2) is 47.8 Å². The molecule has 2 aliphatic rings. The van der Waals surface area contributed by atoms with Crippen LogP contribution in [0.15, 0.2) is 60.7 Å². The second kappa shape index (κ2) is 8.95. The fraction of sp³-hybridized carbons (Fsp3) is 0.333. The summed E-state index contributed by atoms with van der Waals surface area (Å²) in [5.41, 5.74) is 2.04. The van der Waals surface area contributed by atoms with Gasteiger partial charge in [-0.15, -0.1) is 0 Å². The van der Waals surface area contributed by atoms with Crippen LogP contribution >= 0.6 is 0 Å². The van der Waals surface area contributed by atoms with E-state index in [0.717, 1.165) is 29.7 Å². The lowest BCUT2D eigenvalue weighted by Gasteiger charge is -2.34. The van der Waals surface area contributed by atoms with Crippen LogP contribution in [-0.2, 0) is 16.2 Å². The van der Waals surface area contributed by atoms with Crippen molar-refractivity contribution in [2.45, 2.75) is 19.4 Å². The van der Waals surface area contributed by atoms with E-state index in [2.05, 4.69) is 0 Å². The number of hydrogen-bond donors (Lipinski definition) is 0. The zero-order valence-corrected chi connectivity index (χ0v) is 16.5. The Morgan fingerprint density at radius 2 is 1.66 bits per heavy atom. The van der Waals surface area contributed by atoms with E-state index in [0.29, 0.717) is 32.8 Å². The van der Waals surface area contributed by atoms with Crippen molar-refractivity contribution in [2.24, 2.45) is 5.92 Å². The molecule has 2 aromatic rings. The van der Waals surface area contributed by atoms with Gasteiger partial charge in [-0.25, -0.2) is 0 Å². The van der Waals surface area contributed by atoms with Crippen molar-refractivity contribution in [1.82, 2.24) is 9.80 Å². The summed E-state index contributed by atoms with van der Waals surface area (Å²) in [5.74, 6) is 1.27. The van der Waals surface area contributed by atoms with Gasteiger partial charge in [0.25, 0.3) is 0 Å². The van der Waals surface area contributed by atoms with Crippen molar-refractivity contribution in [3.05, 3.63) is 71.8 Å². The van der Waals surface area contributed by atoms with Crippen LogP contribution in [0.3, 0.4) is 0 Å². The second-order valence-corrected chi connectivity index (χ2v) is 7.60. The molecule has 2 fully saturated rings. The van der Waals surface area contributed by atoms with Crippen LogP contribution in [0.25, 0.3) is 6.08 Å². The zero-order valence-electron chi connectivity index (χ0n) is 16.5. The molecule has 29 heavy (non-hydrogen) atoms. The summed E-state index contributed by atoms with van der Waals surface area (Å²) in [6.45, 7) is 2.98. The molecule has 1 aliphatic heterocycles. The first-order chi connectivity index (χ1) is 14.2. The number of piperazine rings is 1. The van der Waals surface area contributed by atoms with E-state index < -0.39 is 0 Å². The number of carbonyl (C=O) groups excluding carboxylic acids is 2. The molecule has 1 heterocycles. The molecule has 5 heteroatoms. The van der Waals surface area contributed by atoms with E-state index in [9.17, 15) is 9.59 Å². The Balaban J connectivity index is 1.28. The van der Waals surface area contributed by atoms with Gasteiger partial charge in [-0.2, -0.15) is 0 Å². The summed E-state index contributed by atoms with van der Waals surface area (Å²) < 4.78 is 5.85. The number of nitrogens with zero attached hydrogens (tertiary/aromatic N) is 2. The van der Waals surface area contributed by atoms with Gasteiger partial charge in [0.2, 0.25) is 11.8 Å². The molecule has 2 aromatic carbocycles. The van der Waals surface area contributed by atoms with E-state index in [1.165, 1.54) is 0 Å². The monoisotopic (exact) mass is 390 g/mol. The van der Waals surface area contributed by atoms with Gasteiger partial charge in [-0.3, -0.25) is 9.59 Å². The van der Waals surface area contributed by atoms with Crippen molar-refractivity contribution >= 4 is 17.9 Å². The number of ether oxygens (including phenoxy) is 1. The van der Waals surface area contributed by atoms with Crippen LogP contribution < -0.4 is 4.74 Å². The Kier molecular flexibility index (Phi) is 5.94. The van der Waals surface area contributed by atoms with E-state index in [1.54, 1.807) is 6.08 Å². The highest BCUT2D eigenvalue weighted by atomic mass is 16.5. The molecule has 1 saturated carbocycles. The third kappa shape index (κ3) is 5.25. The molecule has 0 spiro atoms. The highest BCUT2D eigenvalue weighted by molar-refractivity contribution is 5.92. The van der Waals surface area contributed by atoms with E-state index >= 15 is 0 Å². The normalized spacial score (nSPS) is 16.8. The number of hydrogen-bond acceptors (Lipinski definition) is 3. The maximum absolute atomic E-state index is 12.5. The van der Waals surface area contributed by atoms with Crippen LogP contribution in [0.2, 0.25) is 0 Å². The molecule has 0 bridgehead atoms. The molecule has 0 atom stereocenters. The number of rotatable bonds is 6. The molecule has 0 radical (unpaired) electrons. The van der Waals surface area contributed by atoms with E-state index in [-0.39, 0.29) is 17.7 Å². The molecule has 5 nitrogen and oxygen atoms in total. The summed E-state index contributed by atoms with van der Waals surface area (Å²) in [6.07, 6.45) is 5.47. The molecule has 0 aromatic heterocycles. The molecule has 4 rings (SSSR count). The minimum atomic E-state index is -0.0147. The molecular formula is C24H26N2O3. The maximum atomic E-state index is 12.5. The van der Waals surface area contributed by atoms with Gasteiger partial charge in [0, 0.05) is 38.2 Å². The first-order valence-corrected chi connectivity index (χ1v) is 10.2. The largest absolute Gasteiger partial charge is 0.489 e. The lowest BCUT2D eigenvalue weighted by atomic mass is 10.2. The SMILES string of the molecule is O=C(/C=C/c1cccc(OCc2ccccc2)c1)N1CCN(C(=O)C2CC2)CC1.